The van der Waals surface area contributed by atoms with Crippen LogP contribution in [0.15, 0.2) is 17.7 Å². The van der Waals surface area contributed by atoms with Gasteiger partial charge in [0.1, 0.15) is 17.7 Å². The molecule has 3 nitrogen and oxygen atoms in total. The summed E-state index contributed by atoms with van der Waals surface area (Å²) in [5.74, 6) is 0.406. The SMILES string of the molecule is C[C@H]1CC(C)(C)N(C)c2cc(Cl)c(C=C(C#N)C#N)cc21. The number of fused-ring (bicyclic) bond motifs is 1. The number of anilines is 1. The second-order valence-electron chi connectivity index (χ2n) is 6.19. The van der Waals surface area contributed by atoms with E-state index in [1.807, 2.05) is 24.3 Å². The number of hydrogen-bond acceptors (Lipinski definition) is 3. The van der Waals surface area contributed by atoms with E-state index in [1.54, 1.807) is 6.08 Å². The van der Waals surface area contributed by atoms with Gasteiger partial charge in [0.15, 0.2) is 0 Å². The van der Waals surface area contributed by atoms with E-state index in [0.717, 1.165) is 17.7 Å². The van der Waals surface area contributed by atoms with E-state index < -0.39 is 0 Å². The van der Waals surface area contributed by atoms with Gasteiger partial charge in [-0.15, -0.1) is 0 Å². The molecule has 0 N–H and O–H groups in total. The van der Waals surface area contributed by atoms with Crippen LogP contribution in [0.4, 0.5) is 5.69 Å². The topological polar surface area (TPSA) is 50.8 Å². The Morgan fingerprint density at radius 1 is 1.38 bits per heavy atom. The van der Waals surface area contributed by atoms with E-state index in [-0.39, 0.29) is 11.1 Å². The quantitative estimate of drug-likeness (QED) is 0.718. The van der Waals surface area contributed by atoms with Crippen molar-refractivity contribution in [2.75, 3.05) is 11.9 Å². The summed E-state index contributed by atoms with van der Waals surface area (Å²) in [6, 6.07) is 7.68. The van der Waals surface area contributed by atoms with Crippen molar-refractivity contribution in [1.29, 1.82) is 10.5 Å². The van der Waals surface area contributed by atoms with Crippen molar-refractivity contribution in [1.82, 2.24) is 0 Å². The number of rotatable bonds is 1. The highest BCUT2D eigenvalue weighted by molar-refractivity contribution is 6.32. The molecule has 0 fully saturated rings. The summed E-state index contributed by atoms with van der Waals surface area (Å²) in [6.07, 6.45) is 2.60. The van der Waals surface area contributed by atoms with Crippen LogP contribution in [0.5, 0.6) is 0 Å². The molecule has 108 valence electrons. The van der Waals surface area contributed by atoms with Crippen LogP contribution in [0.1, 0.15) is 44.2 Å². The van der Waals surface area contributed by atoms with Crippen LogP contribution in [0.25, 0.3) is 6.08 Å². The van der Waals surface area contributed by atoms with Gasteiger partial charge in [-0.25, -0.2) is 0 Å². The van der Waals surface area contributed by atoms with Crippen LogP contribution in [0.3, 0.4) is 0 Å². The smallest absolute Gasteiger partial charge is 0.130 e. The minimum Gasteiger partial charge on any atom is -0.369 e. The zero-order valence-corrected chi connectivity index (χ0v) is 13.5. The van der Waals surface area contributed by atoms with Crippen molar-refractivity contribution in [2.24, 2.45) is 0 Å². The van der Waals surface area contributed by atoms with E-state index in [1.165, 1.54) is 5.56 Å². The number of allylic oxidation sites excluding steroid dienone is 1. The standard InChI is InChI=1S/C17H18ClN3/c1-11-8-17(2,3)21(4)16-7-15(18)13(6-14(11)16)5-12(9-19)10-20/h5-7,11H,8H2,1-4H3/t11-/m0/s1. The van der Waals surface area contributed by atoms with Crippen LogP contribution in [-0.4, -0.2) is 12.6 Å². The Kier molecular flexibility index (Phi) is 3.99. The first-order valence-electron chi connectivity index (χ1n) is 6.89. The van der Waals surface area contributed by atoms with Crippen LogP contribution >= 0.6 is 11.6 Å². The van der Waals surface area contributed by atoms with Gasteiger partial charge in [0.25, 0.3) is 0 Å². The molecule has 1 aliphatic heterocycles. The van der Waals surface area contributed by atoms with Gasteiger partial charge in [-0.1, -0.05) is 18.5 Å². The van der Waals surface area contributed by atoms with Gasteiger partial charge in [0.05, 0.1) is 0 Å². The molecule has 1 heterocycles. The second kappa shape index (κ2) is 5.43. The minimum atomic E-state index is 0.0639. The van der Waals surface area contributed by atoms with Crippen LogP contribution < -0.4 is 4.90 Å². The second-order valence-corrected chi connectivity index (χ2v) is 6.60. The Bertz CT molecular complexity index is 673. The molecule has 0 bridgehead atoms. The maximum Gasteiger partial charge on any atom is 0.130 e. The number of halogens is 1. The summed E-state index contributed by atoms with van der Waals surface area (Å²) in [4.78, 5) is 2.25. The molecule has 0 amide bonds. The summed E-state index contributed by atoms with van der Waals surface area (Å²) < 4.78 is 0. The number of hydrogen-bond donors (Lipinski definition) is 0. The largest absolute Gasteiger partial charge is 0.369 e. The highest BCUT2D eigenvalue weighted by atomic mass is 35.5. The molecule has 0 saturated heterocycles. The van der Waals surface area contributed by atoms with Crippen LogP contribution in [-0.2, 0) is 0 Å². The highest BCUT2D eigenvalue weighted by Gasteiger charge is 2.34. The van der Waals surface area contributed by atoms with Crippen LogP contribution in [0, 0.1) is 22.7 Å². The first kappa shape index (κ1) is 15.4. The predicted octanol–water partition coefficient (Wildman–Crippen LogP) is 4.49. The van der Waals surface area contributed by atoms with E-state index in [9.17, 15) is 0 Å². The summed E-state index contributed by atoms with van der Waals surface area (Å²) in [5.41, 5.74) is 3.21. The molecule has 21 heavy (non-hydrogen) atoms. The third-order valence-corrected chi connectivity index (χ3v) is 4.62. The lowest BCUT2D eigenvalue weighted by Gasteiger charge is -2.45. The van der Waals surface area contributed by atoms with Crippen molar-refractivity contribution in [2.45, 2.75) is 38.6 Å². The number of nitriles is 2. The lowest BCUT2D eigenvalue weighted by molar-refractivity contribution is 0.395. The first-order chi connectivity index (χ1) is 9.80. The molecule has 4 heteroatoms. The molecule has 0 unspecified atom stereocenters. The van der Waals surface area contributed by atoms with Gasteiger partial charge >= 0.3 is 0 Å². The summed E-state index contributed by atoms with van der Waals surface area (Å²) in [5, 5.41) is 18.3. The average molecular weight is 300 g/mol. The molecular weight excluding hydrogens is 282 g/mol. The molecule has 0 aliphatic carbocycles. The summed E-state index contributed by atoms with van der Waals surface area (Å²) in [6.45, 7) is 6.64. The maximum absolute atomic E-state index is 8.89. The Hall–Kier alpha value is -1.97. The molecule has 0 aromatic heterocycles. The van der Waals surface area contributed by atoms with E-state index in [0.29, 0.717) is 10.9 Å². The Morgan fingerprint density at radius 2 is 2.00 bits per heavy atom. The molecule has 0 radical (unpaired) electrons. The third-order valence-electron chi connectivity index (χ3n) is 4.29. The van der Waals surface area contributed by atoms with Crippen molar-refractivity contribution in [3.05, 3.63) is 33.9 Å². The fourth-order valence-electron chi connectivity index (χ4n) is 2.96. The lowest BCUT2D eigenvalue weighted by Crippen LogP contribution is -2.45. The van der Waals surface area contributed by atoms with Gasteiger partial charge in [-0.2, -0.15) is 10.5 Å². The summed E-state index contributed by atoms with van der Waals surface area (Å²) in [7, 11) is 2.08. The Balaban J connectivity index is 2.60. The zero-order valence-electron chi connectivity index (χ0n) is 12.7. The molecule has 1 aliphatic rings. The van der Waals surface area contributed by atoms with Gasteiger partial charge in [-0.05, 0) is 55.5 Å². The number of nitrogens with zero attached hydrogens (tertiary/aromatic N) is 3. The van der Waals surface area contributed by atoms with E-state index >= 15 is 0 Å². The number of benzene rings is 1. The maximum atomic E-state index is 8.89. The molecule has 0 saturated carbocycles. The van der Waals surface area contributed by atoms with Gasteiger partial charge < -0.3 is 4.90 Å². The minimum absolute atomic E-state index is 0.0639. The van der Waals surface area contributed by atoms with Crippen molar-refractivity contribution in [3.8, 4) is 12.1 Å². The monoisotopic (exact) mass is 299 g/mol. The third kappa shape index (κ3) is 2.75. The Morgan fingerprint density at radius 3 is 2.57 bits per heavy atom. The predicted molar refractivity (Wildman–Crippen MR) is 86.2 cm³/mol. The van der Waals surface area contributed by atoms with Crippen molar-refractivity contribution in [3.63, 3.8) is 0 Å². The zero-order chi connectivity index (χ0) is 15.8. The van der Waals surface area contributed by atoms with Gasteiger partial charge in [-0.3, -0.25) is 0 Å². The van der Waals surface area contributed by atoms with Gasteiger partial charge in [0.2, 0.25) is 0 Å². The molecule has 2 rings (SSSR count). The Labute approximate surface area is 131 Å². The van der Waals surface area contributed by atoms with E-state index in [4.69, 9.17) is 22.1 Å². The molecule has 0 spiro atoms. The normalized spacial score (nSPS) is 19.2. The van der Waals surface area contributed by atoms with Gasteiger partial charge in [0, 0.05) is 23.3 Å². The fourth-order valence-corrected chi connectivity index (χ4v) is 3.17. The molecular formula is C17H18ClN3. The lowest BCUT2D eigenvalue weighted by atomic mass is 9.80. The fraction of sp³-hybridized carbons (Fsp3) is 0.412. The van der Waals surface area contributed by atoms with E-state index in [2.05, 4.69) is 32.7 Å². The molecule has 1 aromatic carbocycles. The average Bonchev–Trinajstić information content (AvgIpc) is 2.43. The molecule has 1 atom stereocenters. The van der Waals surface area contributed by atoms with Crippen molar-refractivity contribution < 1.29 is 0 Å². The first-order valence-corrected chi connectivity index (χ1v) is 7.27. The molecule has 1 aromatic rings. The van der Waals surface area contributed by atoms with Crippen LogP contribution in [0.2, 0.25) is 5.02 Å². The summed E-state index contributed by atoms with van der Waals surface area (Å²) >= 11 is 6.34. The highest BCUT2D eigenvalue weighted by Crippen LogP contribution is 2.44. The van der Waals surface area contributed by atoms with Crippen molar-refractivity contribution >= 4 is 23.4 Å².